The maximum Gasteiger partial charge on any atom is 0.227 e. The van der Waals surface area contributed by atoms with Crippen LogP contribution in [0.3, 0.4) is 0 Å². The van der Waals surface area contributed by atoms with Crippen molar-refractivity contribution in [2.75, 3.05) is 25.1 Å². The van der Waals surface area contributed by atoms with Gasteiger partial charge in [-0.2, -0.15) is 0 Å². The first-order valence-electron chi connectivity index (χ1n) is 14.6. The quantitative estimate of drug-likeness (QED) is 0.345. The number of para-hydroxylation sites is 1. The van der Waals surface area contributed by atoms with E-state index in [1.807, 2.05) is 72.8 Å². The van der Waals surface area contributed by atoms with Crippen molar-refractivity contribution in [2.45, 2.75) is 56.5 Å². The van der Waals surface area contributed by atoms with Gasteiger partial charge >= 0.3 is 0 Å². The molecule has 3 aromatic carbocycles. The molecule has 9 nitrogen and oxygen atoms in total. The summed E-state index contributed by atoms with van der Waals surface area (Å²) in [5, 5.41) is 16.1. The van der Waals surface area contributed by atoms with Crippen molar-refractivity contribution in [3.63, 3.8) is 0 Å². The molecule has 0 aromatic heterocycles. The molecule has 0 spiro atoms. The van der Waals surface area contributed by atoms with Crippen LogP contribution in [0.25, 0.3) is 0 Å². The molecule has 3 N–H and O–H groups in total. The fraction of sp³-hybridized carbons (Fsp3) is 0.394. The van der Waals surface area contributed by atoms with Crippen molar-refractivity contribution in [1.82, 2.24) is 5.32 Å². The van der Waals surface area contributed by atoms with Gasteiger partial charge in [-0.05, 0) is 67.3 Å². The van der Waals surface area contributed by atoms with E-state index < -0.39 is 6.10 Å². The Hall–Kier alpha value is -3.92. The van der Waals surface area contributed by atoms with Crippen LogP contribution < -0.4 is 20.1 Å². The first-order valence-corrected chi connectivity index (χ1v) is 14.6. The Morgan fingerprint density at radius 1 is 0.952 bits per heavy atom. The number of hydrogen-bond acceptors (Lipinski definition) is 7. The van der Waals surface area contributed by atoms with Crippen molar-refractivity contribution in [3.8, 4) is 17.2 Å². The van der Waals surface area contributed by atoms with Crippen LogP contribution in [0.2, 0.25) is 0 Å². The first kappa shape index (κ1) is 28.2. The number of carbonyl (C=O) groups excluding carboxylic acids is 2. The monoisotopic (exact) mass is 572 g/mol. The maximum atomic E-state index is 12.9. The third kappa shape index (κ3) is 6.59. The number of benzene rings is 3. The number of amides is 2. The summed E-state index contributed by atoms with van der Waals surface area (Å²) in [6, 6.07) is 22.8. The molecule has 2 fully saturated rings. The molecule has 9 heteroatoms. The summed E-state index contributed by atoms with van der Waals surface area (Å²) in [6.07, 6.45) is 0.916. The molecule has 3 aliphatic rings. The van der Waals surface area contributed by atoms with Crippen molar-refractivity contribution < 1.29 is 33.6 Å². The van der Waals surface area contributed by atoms with E-state index in [9.17, 15) is 14.7 Å². The summed E-state index contributed by atoms with van der Waals surface area (Å²) in [4.78, 5) is 25.7. The lowest BCUT2D eigenvalue weighted by molar-refractivity contribution is -0.142. The second-order valence-corrected chi connectivity index (χ2v) is 11.1. The number of ether oxygens (including phenoxy) is 4. The second kappa shape index (κ2) is 12.9. The predicted octanol–water partition coefficient (Wildman–Crippen LogP) is 4.54. The minimum atomic E-state index is -0.550. The molecule has 0 aliphatic carbocycles. The van der Waals surface area contributed by atoms with Crippen LogP contribution in [0.5, 0.6) is 17.2 Å². The van der Waals surface area contributed by atoms with E-state index >= 15 is 0 Å². The Labute approximate surface area is 245 Å². The SMILES string of the molecule is O=C(C[C@@H]1C[C@@H]2c3cc(NC(=O)C4CCOCC4)ccc3O[C@@H]2[C@@H](CO)O1)NCc1ccc(Oc2ccccc2)cc1. The molecule has 220 valence electrons. The number of aliphatic hydroxyl groups excluding tert-OH is 1. The van der Waals surface area contributed by atoms with Crippen LogP contribution in [0.15, 0.2) is 72.8 Å². The van der Waals surface area contributed by atoms with Gasteiger partial charge in [-0.25, -0.2) is 0 Å². The number of nitrogens with one attached hydrogen (secondary N) is 2. The van der Waals surface area contributed by atoms with Crippen molar-refractivity contribution >= 4 is 17.5 Å². The molecule has 6 rings (SSSR count). The summed E-state index contributed by atoms with van der Waals surface area (Å²) in [5.74, 6) is 1.98. The molecule has 0 saturated carbocycles. The average Bonchev–Trinajstić information content (AvgIpc) is 3.39. The standard InChI is InChI=1S/C33H36N2O7/c36-20-30-32-28(27-16-23(8-11-29(27)42-32)35-33(38)22-12-14-39-15-13-22)17-26(41-30)18-31(37)34-19-21-6-9-25(10-7-21)40-24-4-2-1-3-5-24/h1-11,16,22,26,28,30,32,36H,12-15,17-20H2,(H,34,37)(H,35,38)/t26-,28+,30+,32-/m0/s1. The van der Waals surface area contributed by atoms with E-state index in [0.29, 0.717) is 26.2 Å². The van der Waals surface area contributed by atoms with Crippen molar-refractivity contribution in [1.29, 1.82) is 0 Å². The van der Waals surface area contributed by atoms with E-state index in [0.717, 1.165) is 46.9 Å². The van der Waals surface area contributed by atoms with Gasteiger partial charge in [0.25, 0.3) is 0 Å². The lowest BCUT2D eigenvalue weighted by Crippen LogP contribution is -2.47. The highest BCUT2D eigenvalue weighted by atomic mass is 16.6. The van der Waals surface area contributed by atoms with Gasteiger partial charge in [0.15, 0.2) is 0 Å². The van der Waals surface area contributed by atoms with Crippen molar-refractivity contribution in [2.24, 2.45) is 5.92 Å². The number of fused-ring (bicyclic) bond motifs is 3. The van der Waals surface area contributed by atoms with E-state index in [4.69, 9.17) is 18.9 Å². The second-order valence-electron chi connectivity index (χ2n) is 11.1. The summed E-state index contributed by atoms with van der Waals surface area (Å²) in [7, 11) is 0. The number of aliphatic hydroxyl groups is 1. The van der Waals surface area contributed by atoms with Gasteiger partial charge in [-0.1, -0.05) is 30.3 Å². The maximum absolute atomic E-state index is 12.9. The van der Waals surface area contributed by atoms with Crippen LogP contribution in [0.4, 0.5) is 5.69 Å². The lowest BCUT2D eigenvalue weighted by Gasteiger charge is -2.37. The number of hydrogen-bond donors (Lipinski definition) is 3. The largest absolute Gasteiger partial charge is 0.487 e. The molecule has 3 heterocycles. The van der Waals surface area contributed by atoms with Crippen LogP contribution in [0, 0.1) is 5.92 Å². The summed E-state index contributed by atoms with van der Waals surface area (Å²) < 4.78 is 23.5. The van der Waals surface area contributed by atoms with E-state index in [2.05, 4.69) is 10.6 Å². The van der Waals surface area contributed by atoms with E-state index in [-0.39, 0.29) is 48.9 Å². The van der Waals surface area contributed by atoms with E-state index in [1.54, 1.807) is 0 Å². The average molecular weight is 573 g/mol. The number of anilines is 1. The van der Waals surface area contributed by atoms with Gasteiger partial charge in [0.2, 0.25) is 11.8 Å². The topological polar surface area (TPSA) is 115 Å². The summed E-state index contributed by atoms with van der Waals surface area (Å²) in [6.45, 7) is 1.38. The zero-order valence-electron chi connectivity index (χ0n) is 23.4. The van der Waals surface area contributed by atoms with E-state index in [1.165, 1.54) is 0 Å². The van der Waals surface area contributed by atoms with Crippen LogP contribution in [0.1, 0.15) is 42.7 Å². The minimum absolute atomic E-state index is 0.00170. The molecular weight excluding hydrogens is 536 g/mol. The first-order chi connectivity index (χ1) is 20.6. The minimum Gasteiger partial charge on any atom is -0.487 e. The molecule has 0 unspecified atom stereocenters. The van der Waals surface area contributed by atoms with Gasteiger partial charge in [0.05, 0.1) is 19.1 Å². The highest BCUT2D eigenvalue weighted by molar-refractivity contribution is 5.92. The van der Waals surface area contributed by atoms with Gasteiger partial charge in [0, 0.05) is 42.8 Å². The highest BCUT2D eigenvalue weighted by Crippen LogP contribution is 2.47. The Kier molecular flexibility index (Phi) is 8.69. The molecule has 2 amide bonds. The van der Waals surface area contributed by atoms with Gasteiger partial charge < -0.3 is 34.7 Å². The molecule has 0 bridgehead atoms. The molecule has 4 atom stereocenters. The third-order valence-electron chi connectivity index (χ3n) is 8.16. The molecule has 42 heavy (non-hydrogen) atoms. The van der Waals surface area contributed by atoms with Gasteiger partial charge in [-0.3, -0.25) is 9.59 Å². The Morgan fingerprint density at radius 2 is 1.71 bits per heavy atom. The lowest BCUT2D eigenvalue weighted by atomic mass is 9.84. The smallest absolute Gasteiger partial charge is 0.227 e. The Bertz CT molecular complexity index is 1370. The van der Waals surface area contributed by atoms with Gasteiger partial charge in [0.1, 0.15) is 29.5 Å². The van der Waals surface area contributed by atoms with Crippen LogP contribution in [-0.2, 0) is 25.6 Å². The molecule has 3 aromatic rings. The Morgan fingerprint density at radius 3 is 2.48 bits per heavy atom. The van der Waals surface area contributed by atoms with Crippen molar-refractivity contribution in [3.05, 3.63) is 83.9 Å². The number of rotatable bonds is 9. The summed E-state index contributed by atoms with van der Waals surface area (Å²) >= 11 is 0. The normalized spacial score (nSPS) is 23.3. The molecule has 2 saturated heterocycles. The number of carbonyl (C=O) groups is 2. The Balaban J connectivity index is 1.04. The van der Waals surface area contributed by atoms with Gasteiger partial charge in [-0.15, -0.1) is 0 Å². The fourth-order valence-corrected chi connectivity index (χ4v) is 5.95. The third-order valence-corrected chi connectivity index (χ3v) is 8.16. The zero-order valence-corrected chi connectivity index (χ0v) is 23.4. The van der Waals surface area contributed by atoms with Crippen LogP contribution >= 0.6 is 0 Å². The summed E-state index contributed by atoms with van der Waals surface area (Å²) in [5.41, 5.74) is 2.64. The van der Waals surface area contributed by atoms with Crippen LogP contribution in [-0.4, -0.2) is 55.1 Å². The molecule has 3 aliphatic heterocycles. The highest BCUT2D eigenvalue weighted by Gasteiger charge is 2.46. The predicted molar refractivity (Wildman–Crippen MR) is 156 cm³/mol. The molecular formula is C33H36N2O7. The fourth-order valence-electron chi connectivity index (χ4n) is 5.95. The molecule has 0 radical (unpaired) electrons. The zero-order chi connectivity index (χ0) is 28.9.